The lowest BCUT2D eigenvalue weighted by Gasteiger charge is -2.32. The smallest absolute Gasteiger partial charge is 0.306 e. The summed E-state index contributed by atoms with van der Waals surface area (Å²) in [5, 5.41) is 8.86. The maximum atomic E-state index is 12.7. The van der Waals surface area contributed by atoms with Crippen molar-refractivity contribution in [1.82, 2.24) is 4.90 Å². The van der Waals surface area contributed by atoms with Crippen LogP contribution in [0.5, 0.6) is 0 Å². The third-order valence-corrected chi connectivity index (χ3v) is 5.59. The van der Waals surface area contributed by atoms with Gasteiger partial charge in [-0.1, -0.05) is 6.92 Å². The summed E-state index contributed by atoms with van der Waals surface area (Å²) in [7, 11) is 0. The van der Waals surface area contributed by atoms with Crippen molar-refractivity contribution in [2.24, 2.45) is 5.92 Å². The molecule has 120 valence electrons. The second kappa shape index (κ2) is 6.38. The van der Waals surface area contributed by atoms with Gasteiger partial charge in [0, 0.05) is 18.0 Å². The molecule has 0 saturated carbocycles. The summed E-state index contributed by atoms with van der Waals surface area (Å²) < 4.78 is 5.43. The van der Waals surface area contributed by atoms with Crippen LogP contribution >= 0.6 is 11.3 Å². The van der Waals surface area contributed by atoms with E-state index in [1.54, 1.807) is 16.2 Å². The molecule has 1 aromatic heterocycles. The predicted octanol–water partition coefficient (Wildman–Crippen LogP) is 2.19. The van der Waals surface area contributed by atoms with Gasteiger partial charge in [0.1, 0.15) is 0 Å². The molecule has 1 saturated heterocycles. The topological polar surface area (TPSA) is 66.8 Å². The Morgan fingerprint density at radius 1 is 1.50 bits per heavy atom. The van der Waals surface area contributed by atoms with E-state index in [0.717, 1.165) is 17.7 Å². The van der Waals surface area contributed by atoms with Gasteiger partial charge >= 0.3 is 5.97 Å². The summed E-state index contributed by atoms with van der Waals surface area (Å²) in [4.78, 5) is 27.3. The standard InChI is InChI=1S/C16H21NO4S/c1-10-2-3-13-11(6-10)7-14(22-13)16(20)17-4-5-21-12(9-17)8-15(18)19/h7,10,12H,2-6,8-9H2,1H3,(H,18,19). The van der Waals surface area contributed by atoms with Crippen molar-refractivity contribution in [2.75, 3.05) is 19.7 Å². The molecule has 1 amide bonds. The molecular formula is C16H21NO4S. The molecule has 3 rings (SSSR count). The maximum absolute atomic E-state index is 12.7. The van der Waals surface area contributed by atoms with E-state index < -0.39 is 12.1 Å². The molecule has 2 unspecified atom stereocenters. The molecule has 1 aliphatic heterocycles. The van der Waals surface area contributed by atoms with Gasteiger partial charge in [0.2, 0.25) is 0 Å². The van der Waals surface area contributed by atoms with Gasteiger partial charge in [0.05, 0.1) is 24.0 Å². The fraction of sp³-hybridized carbons (Fsp3) is 0.625. The third kappa shape index (κ3) is 3.33. The molecule has 1 aliphatic carbocycles. The van der Waals surface area contributed by atoms with Crippen LogP contribution in [-0.2, 0) is 22.4 Å². The Hall–Kier alpha value is -1.40. The van der Waals surface area contributed by atoms with Crippen molar-refractivity contribution in [2.45, 2.75) is 38.7 Å². The molecule has 1 N–H and O–H groups in total. The summed E-state index contributed by atoms with van der Waals surface area (Å²) >= 11 is 1.61. The number of ether oxygens (including phenoxy) is 1. The van der Waals surface area contributed by atoms with E-state index in [-0.39, 0.29) is 12.3 Å². The molecule has 2 heterocycles. The Bertz CT molecular complexity index is 583. The number of morpholine rings is 1. The van der Waals surface area contributed by atoms with E-state index >= 15 is 0 Å². The number of fused-ring (bicyclic) bond motifs is 1. The Labute approximate surface area is 133 Å². The SMILES string of the molecule is CC1CCc2sc(C(=O)N3CCOC(CC(=O)O)C3)cc2C1. The Morgan fingerprint density at radius 2 is 2.32 bits per heavy atom. The molecule has 2 atom stereocenters. The minimum Gasteiger partial charge on any atom is -0.481 e. The first-order chi connectivity index (χ1) is 10.5. The van der Waals surface area contributed by atoms with Gasteiger partial charge in [-0.05, 0) is 36.8 Å². The predicted molar refractivity (Wildman–Crippen MR) is 83.4 cm³/mol. The van der Waals surface area contributed by atoms with Gasteiger partial charge in [0.15, 0.2) is 0 Å². The second-order valence-electron chi connectivity index (χ2n) is 6.25. The largest absolute Gasteiger partial charge is 0.481 e. The van der Waals surface area contributed by atoms with Crippen LogP contribution in [0.1, 0.15) is 39.9 Å². The molecule has 0 bridgehead atoms. The first-order valence-corrected chi connectivity index (χ1v) is 8.59. The summed E-state index contributed by atoms with van der Waals surface area (Å²) in [5.74, 6) is -0.181. The zero-order valence-electron chi connectivity index (χ0n) is 12.7. The van der Waals surface area contributed by atoms with Crippen LogP contribution in [0, 0.1) is 5.92 Å². The van der Waals surface area contributed by atoms with Crippen LogP contribution < -0.4 is 0 Å². The summed E-state index contributed by atoms with van der Waals surface area (Å²) in [6.07, 6.45) is 2.87. The van der Waals surface area contributed by atoms with E-state index in [4.69, 9.17) is 9.84 Å². The molecule has 2 aliphatic rings. The van der Waals surface area contributed by atoms with Crippen LogP contribution in [0.25, 0.3) is 0 Å². The number of aryl methyl sites for hydroxylation is 1. The molecule has 5 nitrogen and oxygen atoms in total. The van der Waals surface area contributed by atoms with Gasteiger partial charge < -0.3 is 14.7 Å². The number of carboxylic acids is 1. The van der Waals surface area contributed by atoms with E-state index in [1.165, 1.54) is 16.9 Å². The number of rotatable bonds is 3. The number of thiophene rings is 1. The number of carbonyl (C=O) groups excluding carboxylic acids is 1. The Balaban J connectivity index is 1.69. The van der Waals surface area contributed by atoms with E-state index in [0.29, 0.717) is 25.6 Å². The molecular weight excluding hydrogens is 302 g/mol. The van der Waals surface area contributed by atoms with Gasteiger partial charge in [-0.25, -0.2) is 0 Å². The number of carbonyl (C=O) groups is 2. The lowest BCUT2D eigenvalue weighted by atomic mass is 9.90. The molecule has 1 fully saturated rings. The molecule has 6 heteroatoms. The molecule has 22 heavy (non-hydrogen) atoms. The fourth-order valence-electron chi connectivity index (χ4n) is 3.19. The molecule has 0 radical (unpaired) electrons. The normalized spacial score (nSPS) is 24.9. The van der Waals surface area contributed by atoms with Crippen LogP contribution in [0.4, 0.5) is 0 Å². The lowest BCUT2D eigenvalue weighted by Crippen LogP contribution is -2.46. The highest BCUT2D eigenvalue weighted by Crippen LogP contribution is 2.33. The number of aliphatic carboxylic acids is 1. The lowest BCUT2D eigenvalue weighted by molar-refractivity contribution is -0.141. The monoisotopic (exact) mass is 323 g/mol. The van der Waals surface area contributed by atoms with Gasteiger partial charge in [-0.3, -0.25) is 9.59 Å². The highest BCUT2D eigenvalue weighted by molar-refractivity contribution is 7.14. The van der Waals surface area contributed by atoms with Gasteiger partial charge in [0.25, 0.3) is 5.91 Å². The van der Waals surface area contributed by atoms with E-state index in [2.05, 4.69) is 6.92 Å². The summed E-state index contributed by atoms with van der Waals surface area (Å²) in [5.41, 5.74) is 1.32. The molecule has 1 aromatic rings. The van der Waals surface area contributed by atoms with E-state index in [1.807, 2.05) is 6.07 Å². The number of hydrogen-bond acceptors (Lipinski definition) is 4. The number of hydrogen-bond donors (Lipinski definition) is 1. The first-order valence-electron chi connectivity index (χ1n) is 7.77. The zero-order chi connectivity index (χ0) is 15.7. The van der Waals surface area contributed by atoms with Crippen molar-refractivity contribution in [3.63, 3.8) is 0 Å². The quantitative estimate of drug-likeness (QED) is 0.926. The van der Waals surface area contributed by atoms with E-state index in [9.17, 15) is 9.59 Å². The van der Waals surface area contributed by atoms with Crippen molar-refractivity contribution in [3.8, 4) is 0 Å². The fourth-order valence-corrected chi connectivity index (χ4v) is 4.37. The number of amides is 1. The highest BCUT2D eigenvalue weighted by atomic mass is 32.1. The second-order valence-corrected chi connectivity index (χ2v) is 7.39. The first kappa shape index (κ1) is 15.5. The van der Waals surface area contributed by atoms with Crippen LogP contribution in [0.3, 0.4) is 0 Å². The highest BCUT2D eigenvalue weighted by Gasteiger charge is 2.28. The Morgan fingerprint density at radius 3 is 3.09 bits per heavy atom. The average molecular weight is 323 g/mol. The average Bonchev–Trinajstić information content (AvgIpc) is 2.89. The minimum atomic E-state index is -0.889. The third-order valence-electron chi connectivity index (χ3n) is 4.37. The van der Waals surface area contributed by atoms with Crippen LogP contribution in [-0.4, -0.2) is 47.7 Å². The van der Waals surface area contributed by atoms with Crippen molar-refractivity contribution in [3.05, 3.63) is 21.4 Å². The minimum absolute atomic E-state index is 0.0192. The number of nitrogens with zero attached hydrogens (tertiary/aromatic N) is 1. The van der Waals surface area contributed by atoms with Crippen molar-refractivity contribution >= 4 is 23.2 Å². The summed E-state index contributed by atoms with van der Waals surface area (Å²) in [6, 6.07) is 2.04. The van der Waals surface area contributed by atoms with Crippen molar-refractivity contribution < 1.29 is 19.4 Å². The maximum Gasteiger partial charge on any atom is 0.306 e. The molecule has 0 spiro atoms. The summed E-state index contributed by atoms with van der Waals surface area (Å²) in [6.45, 7) is 3.56. The Kier molecular flexibility index (Phi) is 4.49. The van der Waals surface area contributed by atoms with Gasteiger partial charge in [-0.2, -0.15) is 0 Å². The zero-order valence-corrected chi connectivity index (χ0v) is 13.5. The molecule has 0 aromatic carbocycles. The van der Waals surface area contributed by atoms with Crippen LogP contribution in [0.2, 0.25) is 0 Å². The van der Waals surface area contributed by atoms with Crippen LogP contribution in [0.15, 0.2) is 6.07 Å². The van der Waals surface area contributed by atoms with Crippen molar-refractivity contribution in [1.29, 1.82) is 0 Å². The number of carboxylic acid groups (broad SMARTS) is 1. The van der Waals surface area contributed by atoms with Gasteiger partial charge in [-0.15, -0.1) is 11.3 Å².